The first-order valence-electron chi connectivity index (χ1n) is 6.55. The third kappa shape index (κ3) is 7.39. The second kappa shape index (κ2) is 10.3. The summed E-state index contributed by atoms with van der Waals surface area (Å²) < 4.78 is 13.9. The molecule has 0 radical (unpaired) electrons. The fourth-order valence-corrected chi connectivity index (χ4v) is 1.30. The van der Waals surface area contributed by atoms with Gasteiger partial charge < -0.3 is 19.3 Å². The minimum atomic E-state index is -2.38. The van der Waals surface area contributed by atoms with Crippen LogP contribution in [0, 0.1) is 0 Å². The number of esters is 3. The molecule has 0 aliphatic heterocycles. The molecule has 122 valence electrons. The predicted molar refractivity (Wildman–Crippen MR) is 76.9 cm³/mol. The van der Waals surface area contributed by atoms with Crippen molar-refractivity contribution in [2.75, 3.05) is 0 Å². The van der Waals surface area contributed by atoms with E-state index in [2.05, 4.69) is 14.2 Å². The van der Waals surface area contributed by atoms with E-state index >= 15 is 0 Å². The van der Waals surface area contributed by atoms with Crippen LogP contribution < -0.4 is 0 Å². The maximum Gasteiger partial charge on any atom is 0.344 e. The number of rotatable bonds is 8. The Hall–Kier alpha value is -2.41. The first-order valence-corrected chi connectivity index (χ1v) is 6.55. The number of hydrogen-bond donors (Lipinski definition) is 1. The number of hydrogen-bond acceptors (Lipinski definition) is 7. The van der Waals surface area contributed by atoms with Crippen molar-refractivity contribution in [2.45, 2.75) is 39.2 Å². The van der Waals surface area contributed by atoms with Crippen molar-refractivity contribution < 1.29 is 33.7 Å². The van der Waals surface area contributed by atoms with Gasteiger partial charge in [0.2, 0.25) is 0 Å². The molecule has 0 saturated carbocycles. The zero-order valence-electron chi connectivity index (χ0n) is 12.8. The first-order chi connectivity index (χ1) is 10.4. The molecular formula is C15H20O7. The average molecular weight is 312 g/mol. The Morgan fingerprint density at radius 2 is 1.18 bits per heavy atom. The largest absolute Gasteiger partial charge is 0.435 e. The lowest BCUT2D eigenvalue weighted by Crippen LogP contribution is -2.44. The molecule has 0 heterocycles. The molecule has 0 aromatic carbocycles. The SMILES string of the molecule is CC=COC(=O)CC(O)(CC(=O)OC=CC)C(=O)OC=CC. The van der Waals surface area contributed by atoms with Crippen molar-refractivity contribution >= 4 is 17.9 Å². The van der Waals surface area contributed by atoms with Crippen LogP contribution in [0.5, 0.6) is 0 Å². The molecule has 0 rings (SSSR count). The second-order valence-electron chi connectivity index (χ2n) is 4.18. The third-order valence-corrected chi connectivity index (χ3v) is 2.24. The molecule has 0 saturated heterocycles. The van der Waals surface area contributed by atoms with Gasteiger partial charge in [-0.3, -0.25) is 9.59 Å². The predicted octanol–water partition coefficient (Wildman–Crippen LogP) is 1.73. The quantitative estimate of drug-likeness (QED) is 0.414. The average Bonchev–Trinajstić information content (AvgIpc) is 2.48. The number of carbonyl (C=O) groups is 3. The molecule has 0 atom stereocenters. The topological polar surface area (TPSA) is 99.1 Å². The molecule has 0 aromatic rings. The molecule has 0 aliphatic rings. The molecule has 7 heteroatoms. The van der Waals surface area contributed by atoms with E-state index in [1.165, 1.54) is 18.2 Å². The summed E-state index contributed by atoms with van der Waals surface area (Å²) in [5, 5.41) is 10.3. The fourth-order valence-electron chi connectivity index (χ4n) is 1.30. The summed E-state index contributed by atoms with van der Waals surface area (Å²) in [5.74, 6) is -2.94. The molecule has 0 aromatic heterocycles. The van der Waals surface area contributed by atoms with E-state index in [0.717, 1.165) is 18.8 Å². The Morgan fingerprint density at radius 1 is 0.818 bits per heavy atom. The highest BCUT2D eigenvalue weighted by molar-refractivity contribution is 5.90. The van der Waals surface area contributed by atoms with Crippen LogP contribution >= 0.6 is 0 Å². The Balaban J connectivity index is 5.06. The second-order valence-corrected chi connectivity index (χ2v) is 4.18. The van der Waals surface area contributed by atoms with Gasteiger partial charge in [-0.05, 0) is 20.8 Å². The summed E-state index contributed by atoms with van der Waals surface area (Å²) >= 11 is 0. The van der Waals surface area contributed by atoms with E-state index in [0.29, 0.717) is 0 Å². The number of carbonyl (C=O) groups excluding carboxylic acids is 3. The lowest BCUT2D eigenvalue weighted by Gasteiger charge is -2.22. The lowest BCUT2D eigenvalue weighted by atomic mass is 9.95. The Bertz CT molecular complexity index is 446. The molecular weight excluding hydrogens is 292 g/mol. The maximum atomic E-state index is 11.9. The Morgan fingerprint density at radius 3 is 1.55 bits per heavy atom. The summed E-state index contributed by atoms with van der Waals surface area (Å²) in [6, 6.07) is 0. The highest BCUT2D eigenvalue weighted by Gasteiger charge is 2.43. The zero-order valence-corrected chi connectivity index (χ0v) is 12.8. The normalized spacial score (nSPS) is 14.2. The maximum absolute atomic E-state index is 11.9. The first kappa shape index (κ1) is 19.6. The summed E-state index contributed by atoms with van der Waals surface area (Å²) in [4.78, 5) is 35.0. The minimum Gasteiger partial charge on any atom is -0.435 e. The van der Waals surface area contributed by atoms with Crippen LogP contribution in [0.3, 0.4) is 0 Å². The smallest absolute Gasteiger partial charge is 0.344 e. The Kier molecular flexibility index (Phi) is 9.20. The standard InChI is InChI=1S/C15H20O7/c1-4-7-20-12(16)10-15(19,14(18)22-9-6-3)11-13(17)21-8-5-2/h4-9,19H,10-11H2,1-3H3. The molecule has 0 spiro atoms. The number of ether oxygens (including phenoxy) is 3. The van der Waals surface area contributed by atoms with Gasteiger partial charge in [-0.25, -0.2) is 4.79 Å². The van der Waals surface area contributed by atoms with Crippen molar-refractivity contribution in [3.63, 3.8) is 0 Å². The van der Waals surface area contributed by atoms with E-state index in [-0.39, 0.29) is 0 Å². The van der Waals surface area contributed by atoms with Crippen molar-refractivity contribution in [2.24, 2.45) is 0 Å². The van der Waals surface area contributed by atoms with Crippen molar-refractivity contribution in [1.29, 1.82) is 0 Å². The minimum absolute atomic E-state index is 0.751. The van der Waals surface area contributed by atoms with E-state index in [9.17, 15) is 19.5 Å². The van der Waals surface area contributed by atoms with Gasteiger partial charge in [0, 0.05) is 0 Å². The van der Waals surface area contributed by atoms with Crippen LogP contribution in [-0.2, 0) is 28.6 Å². The van der Waals surface area contributed by atoms with Crippen LogP contribution in [0.1, 0.15) is 33.6 Å². The molecule has 7 nitrogen and oxygen atoms in total. The van der Waals surface area contributed by atoms with Gasteiger partial charge in [0.1, 0.15) is 0 Å². The van der Waals surface area contributed by atoms with Gasteiger partial charge >= 0.3 is 17.9 Å². The van der Waals surface area contributed by atoms with Crippen LogP contribution in [0.25, 0.3) is 0 Å². The Labute approximate surface area is 128 Å². The summed E-state index contributed by atoms with van der Waals surface area (Å²) in [7, 11) is 0. The van der Waals surface area contributed by atoms with Gasteiger partial charge in [-0.2, -0.15) is 0 Å². The highest BCUT2D eigenvalue weighted by Crippen LogP contribution is 2.20. The van der Waals surface area contributed by atoms with Crippen molar-refractivity contribution in [1.82, 2.24) is 0 Å². The molecule has 0 aliphatic carbocycles. The number of aliphatic hydroxyl groups is 1. The summed E-state index contributed by atoms with van der Waals surface area (Å²) in [6.45, 7) is 4.83. The molecule has 0 bridgehead atoms. The van der Waals surface area contributed by atoms with E-state index in [4.69, 9.17) is 0 Å². The van der Waals surface area contributed by atoms with Crippen LogP contribution in [0.2, 0.25) is 0 Å². The van der Waals surface area contributed by atoms with Crippen LogP contribution in [0.4, 0.5) is 0 Å². The molecule has 1 N–H and O–H groups in total. The third-order valence-electron chi connectivity index (χ3n) is 2.24. The van der Waals surface area contributed by atoms with Gasteiger partial charge in [0.25, 0.3) is 0 Å². The molecule has 22 heavy (non-hydrogen) atoms. The summed E-state index contributed by atoms with van der Waals surface area (Å²) in [6.07, 6.45) is 6.04. The van der Waals surface area contributed by atoms with Crippen molar-refractivity contribution in [3.8, 4) is 0 Å². The van der Waals surface area contributed by atoms with E-state index in [1.807, 2.05) is 0 Å². The highest BCUT2D eigenvalue weighted by atomic mass is 16.6. The van der Waals surface area contributed by atoms with Crippen LogP contribution in [0.15, 0.2) is 37.0 Å². The number of allylic oxidation sites excluding steroid dienone is 3. The van der Waals surface area contributed by atoms with E-state index < -0.39 is 36.4 Å². The monoisotopic (exact) mass is 312 g/mol. The lowest BCUT2D eigenvalue weighted by molar-refractivity contribution is -0.171. The van der Waals surface area contributed by atoms with Gasteiger partial charge in [-0.15, -0.1) is 0 Å². The fraction of sp³-hybridized carbons (Fsp3) is 0.400. The zero-order chi connectivity index (χ0) is 17.0. The van der Waals surface area contributed by atoms with Crippen molar-refractivity contribution in [3.05, 3.63) is 37.0 Å². The molecule has 0 unspecified atom stereocenters. The van der Waals surface area contributed by atoms with Gasteiger partial charge in [0.15, 0.2) is 5.60 Å². The van der Waals surface area contributed by atoms with E-state index in [1.54, 1.807) is 20.8 Å². The van der Waals surface area contributed by atoms with Gasteiger partial charge in [-0.1, -0.05) is 18.2 Å². The van der Waals surface area contributed by atoms with Gasteiger partial charge in [0.05, 0.1) is 31.6 Å². The summed E-state index contributed by atoms with van der Waals surface area (Å²) in [5.41, 5.74) is -2.38. The molecule has 0 fully saturated rings. The van der Waals surface area contributed by atoms with Crippen LogP contribution in [-0.4, -0.2) is 28.6 Å². The molecule has 0 amide bonds.